The van der Waals surface area contributed by atoms with Crippen molar-refractivity contribution < 1.29 is 0 Å². The van der Waals surface area contributed by atoms with Crippen LogP contribution in [0.4, 0.5) is 0 Å². The number of unbranched alkanes of at least 4 members (excludes halogenated alkanes) is 1. The van der Waals surface area contributed by atoms with Gasteiger partial charge in [-0.05, 0) is 0 Å². The lowest BCUT2D eigenvalue weighted by Gasteiger charge is -1.81. The van der Waals surface area contributed by atoms with E-state index in [-0.39, 0.29) is 0 Å². The van der Waals surface area contributed by atoms with Crippen molar-refractivity contribution in [3.05, 3.63) is 0 Å². The molecule has 0 rings (SSSR count). The first-order valence-electron chi connectivity index (χ1n) is 3.55. The van der Waals surface area contributed by atoms with Crippen LogP contribution in [0.2, 0.25) is 0 Å². The van der Waals surface area contributed by atoms with Gasteiger partial charge in [0, 0.05) is 12.8 Å². The third-order valence-corrected chi connectivity index (χ3v) is 1.05. The summed E-state index contributed by atoms with van der Waals surface area (Å²) in [5.74, 6) is 0. The Labute approximate surface area is 52.5 Å². The van der Waals surface area contributed by atoms with Gasteiger partial charge in [0.25, 0.3) is 0 Å². The van der Waals surface area contributed by atoms with E-state index < -0.39 is 0 Å². The van der Waals surface area contributed by atoms with Gasteiger partial charge in [0.05, 0.1) is 5.32 Å². The largest absolute Gasteiger partial charge is 0.183 e. The van der Waals surface area contributed by atoms with Gasteiger partial charge in [0.15, 0.2) is 13.1 Å². The third-order valence-electron chi connectivity index (χ3n) is 1.05. The topological polar surface area (TPSA) is 14.1 Å². The predicted octanol–water partition coefficient (Wildman–Crippen LogP) is 1.80. The average Bonchev–Trinajstić information content (AvgIpc) is 1.81. The van der Waals surface area contributed by atoms with Crippen LogP contribution in [0.5, 0.6) is 0 Å². The van der Waals surface area contributed by atoms with E-state index >= 15 is 0 Å². The zero-order valence-electron chi connectivity index (χ0n) is 5.98. The molecule has 0 heterocycles. The second-order valence-corrected chi connectivity index (χ2v) is 2.02. The molecule has 0 saturated carbocycles. The van der Waals surface area contributed by atoms with Crippen molar-refractivity contribution >= 4 is 0 Å². The van der Waals surface area contributed by atoms with Crippen LogP contribution in [0, 0.1) is 0 Å². The van der Waals surface area contributed by atoms with Crippen molar-refractivity contribution in [2.24, 2.45) is 0 Å². The summed E-state index contributed by atoms with van der Waals surface area (Å²) in [4.78, 5) is 0. The maximum Gasteiger partial charge on any atom is 0.183 e. The fourth-order valence-electron chi connectivity index (χ4n) is 0.540. The van der Waals surface area contributed by atoms with E-state index in [4.69, 9.17) is 0 Å². The highest BCUT2D eigenvalue weighted by atomic mass is 14.8. The fourth-order valence-corrected chi connectivity index (χ4v) is 0.540. The highest BCUT2D eigenvalue weighted by molar-refractivity contribution is 4.42. The first-order chi connectivity index (χ1) is 3.91. The molecular weight excluding hydrogens is 98.1 g/mol. The Bertz CT molecular complexity index is 29.4. The van der Waals surface area contributed by atoms with Gasteiger partial charge in [-0.2, -0.15) is 0 Å². The molecule has 0 amide bonds. The average molecular weight is 114 g/mol. The standard InChI is InChI=1S/C7H16N/c1-3-5-7-8-6-4-2/h3-7H2,1-2H3/q+1. The zero-order valence-corrected chi connectivity index (χ0v) is 5.98. The molecule has 0 saturated heterocycles. The molecule has 48 valence electrons. The van der Waals surface area contributed by atoms with Gasteiger partial charge in [-0.1, -0.05) is 20.3 Å². The molecular formula is C7H16N+. The molecule has 2 radical (unpaired) electrons. The van der Waals surface area contributed by atoms with E-state index in [2.05, 4.69) is 19.2 Å². The number of hydrogen-bond donors (Lipinski definition) is 0. The summed E-state index contributed by atoms with van der Waals surface area (Å²) < 4.78 is 0. The third kappa shape index (κ3) is 5.96. The van der Waals surface area contributed by atoms with Gasteiger partial charge < -0.3 is 0 Å². The van der Waals surface area contributed by atoms with Crippen molar-refractivity contribution in [2.75, 3.05) is 13.1 Å². The lowest BCUT2D eigenvalue weighted by atomic mass is 10.3. The van der Waals surface area contributed by atoms with Gasteiger partial charge >= 0.3 is 0 Å². The van der Waals surface area contributed by atoms with Crippen molar-refractivity contribution in [1.82, 2.24) is 5.32 Å². The Kier molecular flexibility index (Phi) is 6.93. The molecule has 0 aliphatic heterocycles. The molecule has 0 unspecified atom stereocenters. The molecule has 1 heteroatoms. The van der Waals surface area contributed by atoms with Crippen molar-refractivity contribution in [3.8, 4) is 0 Å². The van der Waals surface area contributed by atoms with Crippen LogP contribution in [0.15, 0.2) is 0 Å². The van der Waals surface area contributed by atoms with Crippen molar-refractivity contribution in [1.29, 1.82) is 0 Å². The Morgan fingerprint density at radius 2 is 1.75 bits per heavy atom. The molecule has 0 aromatic rings. The van der Waals surface area contributed by atoms with E-state index in [1.54, 1.807) is 0 Å². The fraction of sp³-hybridized carbons (Fsp3) is 1.00. The monoisotopic (exact) mass is 114 g/mol. The van der Waals surface area contributed by atoms with E-state index in [0.717, 1.165) is 13.1 Å². The Morgan fingerprint density at radius 3 is 2.25 bits per heavy atom. The second kappa shape index (κ2) is 6.96. The Balaban J connectivity index is 2.53. The van der Waals surface area contributed by atoms with Gasteiger partial charge in [-0.3, -0.25) is 0 Å². The molecule has 0 fully saturated rings. The van der Waals surface area contributed by atoms with Crippen LogP contribution < -0.4 is 5.32 Å². The summed E-state index contributed by atoms with van der Waals surface area (Å²) in [6, 6.07) is 0. The molecule has 0 aliphatic rings. The maximum atomic E-state index is 4.28. The first-order valence-corrected chi connectivity index (χ1v) is 3.55. The second-order valence-electron chi connectivity index (χ2n) is 2.02. The summed E-state index contributed by atoms with van der Waals surface area (Å²) >= 11 is 0. The van der Waals surface area contributed by atoms with Crippen LogP contribution in [0.3, 0.4) is 0 Å². The maximum absolute atomic E-state index is 4.28. The number of hydrogen-bond acceptors (Lipinski definition) is 0. The molecule has 1 nitrogen and oxygen atoms in total. The SMILES string of the molecule is CCCC[N+]CCC. The molecule has 0 aliphatic carbocycles. The van der Waals surface area contributed by atoms with Crippen LogP contribution in [-0.2, 0) is 0 Å². The minimum absolute atomic E-state index is 1.06. The van der Waals surface area contributed by atoms with Gasteiger partial charge in [0.2, 0.25) is 0 Å². The van der Waals surface area contributed by atoms with E-state index in [1.165, 1.54) is 19.3 Å². The van der Waals surface area contributed by atoms with E-state index in [9.17, 15) is 0 Å². The highest BCUT2D eigenvalue weighted by Crippen LogP contribution is 1.83. The number of rotatable bonds is 5. The molecule has 0 bridgehead atoms. The van der Waals surface area contributed by atoms with Gasteiger partial charge in [-0.15, -0.1) is 0 Å². The lowest BCUT2D eigenvalue weighted by molar-refractivity contribution is 0.621. The summed E-state index contributed by atoms with van der Waals surface area (Å²) in [5, 5.41) is 4.28. The predicted molar refractivity (Wildman–Crippen MR) is 37.1 cm³/mol. The van der Waals surface area contributed by atoms with E-state index in [0.29, 0.717) is 0 Å². The molecule has 0 N–H and O–H groups in total. The molecule has 0 aromatic heterocycles. The van der Waals surface area contributed by atoms with Crippen LogP contribution >= 0.6 is 0 Å². The van der Waals surface area contributed by atoms with Crippen molar-refractivity contribution in [2.45, 2.75) is 33.1 Å². The Morgan fingerprint density at radius 1 is 1.00 bits per heavy atom. The normalized spacial score (nSPS) is 9.75. The highest BCUT2D eigenvalue weighted by Gasteiger charge is 1.97. The lowest BCUT2D eigenvalue weighted by Crippen LogP contribution is -2.06. The zero-order chi connectivity index (χ0) is 6.24. The van der Waals surface area contributed by atoms with Crippen LogP contribution in [0.1, 0.15) is 33.1 Å². The minimum Gasteiger partial charge on any atom is -0.0652 e. The quantitative estimate of drug-likeness (QED) is 0.484. The molecule has 0 spiro atoms. The smallest absolute Gasteiger partial charge is 0.0652 e. The van der Waals surface area contributed by atoms with Crippen LogP contribution in [-0.4, -0.2) is 13.1 Å². The van der Waals surface area contributed by atoms with Crippen molar-refractivity contribution in [3.63, 3.8) is 0 Å². The van der Waals surface area contributed by atoms with Gasteiger partial charge in [-0.25, -0.2) is 0 Å². The first kappa shape index (κ1) is 7.96. The summed E-state index contributed by atoms with van der Waals surface area (Å²) in [7, 11) is 0. The van der Waals surface area contributed by atoms with Crippen LogP contribution in [0.25, 0.3) is 0 Å². The molecule has 8 heavy (non-hydrogen) atoms. The summed E-state index contributed by atoms with van der Waals surface area (Å²) in [5.41, 5.74) is 0. The molecule has 0 aromatic carbocycles. The summed E-state index contributed by atoms with van der Waals surface area (Å²) in [6.45, 7) is 6.49. The number of nitrogens with zero attached hydrogens (tertiary/aromatic N) is 1. The minimum atomic E-state index is 1.06. The Hall–Kier alpha value is -0.0400. The van der Waals surface area contributed by atoms with Gasteiger partial charge in [0.1, 0.15) is 0 Å². The molecule has 0 atom stereocenters. The van der Waals surface area contributed by atoms with E-state index in [1.807, 2.05) is 0 Å². The summed E-state index contributed by atoms with van der Waals surface area (Å²) in [6.07, 6.45) is 3.73.